The second-order valence-electron chi connectivity index (χ2n) is 8.70. The highest BCUT2D eigenvalue weighted by Crippen LogP contribution is 2.48. The van der Waals surface area contributed by atoms with E-state index in [-0.39, 0.29) is 23.7 Å². The number of urea groups is 1. The molecule has 2 heterocycles. The van der Waals surface area contributed by atoms with E-state index in [4.69, 9.17) is 17.0 Å². The van der Waals surface area contributed by atoms with E-state index in [1.165, 1.54) is 10.8 Å². The summed E-state index contributed by atoms with van der Waals surface area (Å²) in [4.78, 5) is 40.0. The number of carbonyl (C=O) groups excluding carboxylic acids is 3. The third-order valence-corrected chi connectivity index (χ3v) is 6.89. The Morgan fingerprint density at radius 1 is 1.11 bits per heavy atom. The van der Waals surface area contributed by atoms with E-state index in [0.29, 0.717) is 38.7 Å². The maximum Gasteiger partial charge on any atom is 0.323 e. The van der Waals surface area contributed by atoms with Gasteiger partial charge in [0.2, 0.25) is 5.91 Å². The van der Waals surface area contributed by atoms with Gasteiger partial charge >= 0.3 is 12.1 Å². The summed E-state index contributed by atoms with van der Waals surface area (Å²) in [7, 11) is 0. The summed E-state index contributed by atoms with van der Waals surface area (Å²) in [5, 5.41) is 20.9. The quantitative estimate of drug-likeness (QED) is 0.109. The number of amides is 4. The number of halogens is 1. The maximum absolute atomic E-state index is 13.4. The van der Waals surface area contributed by atoms with Gasteiger partial charge in [-0.05, 0) is 43.0 Å². The van der Waals surface area contributed by atoms with Gasteiger partial charge in [0.05, 0.1) is 11.2 Å². The Morgan fingerprint density at radius 3 is 2.64 bits per heavy atom. The van der Waals surface area contributed by atoms with Crippen LogP contribution in [0.25, 0.3) is 10.9 Å². The predicted molar refractivity (Wildman–Crippen MR) is 137 cm³/mol. The van der Waals surface area contributed by atoms with Crippen LogP contribution >= 0.6 is 15.9 Å². The zero-order chi connectivity index (χ0) is 25.6. The highest BCUT2D eigenvalue weighted by atomic mass is 79.9. The average Bonchev–Trinajstić information content (AvgIpc) is 3.34. The number of anilines is 2. The van der Waals surface area contributed by atoms with Crippen LogP contribution in [0.15, 0.2) is 63.5 Å². The zero-order valence-corrected chi connectivity index (χ0v) is 20.4. The molecule has 2 fully saturated rings. The van der Waals surface area contributed by atoms with Crippen molar-refractivity contribution in [1.29, 1.82) is 5.41 Å². The highest BCUT2D eigenvalue weighted by molar-refractivity contribution is 9.10. The molecule has 0 bridgehead atoms. The van der Waals surface area contributed by atoms with E-state index >= 15 is 0 Å². The van der Waals surface area contributed by atoms with Gasteiger partial charge in [-0.15, -0.1) is 5.11 Å². The summed E-state index contributed by atoms with van der Waals surface area (Å²) in [6.45, 7) is 0. The largest absolute Gasteiger partial charge is 0.351 e. The van der Waals surface area contributed by atoms with Crippen LogP contribution in [0.5, 0.6) is 0 Å². The number of carbonyl (C=O) groups is 3. The predicted octanol–water partition coefficient (Wildman–Crippen LogP) is 3.62. The third kappa shape index (κ3) is 4.28. The monoisotopic (exact) mass is 551 g/mol. The number of rotatable bonds is 4. The molecule has 3 aromatic rings. The molecule has 36 heavy (non-hydrogen) atoms. The van der Waals surface area contributed by atoms with E-state index in [9.17, 15) is 14.4 Å². The first kappa shape index (κ1) is 23.5. The topological polar surface area (TPSA) is 184 Å². The van der Waals surface area contributed by atoms with E-state index in [1.54, 1.807) is 47.4 Å². The van der Waals surface area contributed by atoms with Crippen LogP contribution < -0.4 is 22.2 Å². The second kappa shape index (κ2) is 9.07. The van der Waals surface area contributed by atoms with Crippen molar-refractivity contribution in [3.63, 3.8) is 0 Å². The molecule has 12 nitrogen and oxygen atoms in total. The Balaban J connectivity index is 1.36. The van der Waals surface area contributed by atoms with Crippen LogP contribution in [-0.2, 0) is 4.79 Å². The number of nitrogens with zero attached hydrogens (tertiary/aromatic N) is 4. The summed E-state index contributed by atoms with van der Waals surface area (Å²) >= 11 is 3.37. The first-order valence-electron chi connectivity index (χ1n) is 11.1. The molecule has 1 aromatic heterocycles. The molecule has 1 saturated heterocycles. The number of nitrogens with two attached hydrogens (primary N) is 2. The molecule has 1 aliphatic carbocycles. The molecule has 2 aromatic carbocycles. The fourth-order valence-electron chi connectivity index (χ4n) is 4.76. The molecule has 13 heteroatoms. The van der Waals surface area contributed by atoms with Crippen LogP contribution in [0.2, 0.25) is 0 Å². The highest BCUT2D eigenvalue weighted by Gasteiger charge is 2.56. The number of para-hydroxylation sites is 1. The van der Waals surface area contributed by atoms with Crippen molar-refractivity contribution in [2.24, 2.45) is 27.8 Å². The smallest absolute Gasteiger partial charge is 0.323 e. The second-order valence-corrected chi connectivity index (χ2v) is 9.62. The van der Waals surface area contributed by atoms with Crippen LogP contribution in [0.1, 0.15) is 18.4 Å². The molecule has 0 radical (unpaired) electrons. The van der Waals surface area contributed by atoms with Gasteiger partial charge in [-0.2, -0.15) is 0 Å². The fraction of sp³-hybridized carbons (Fsp3) is 0.217. The number of fused-ring (bicyclic) bond motifs is 2. The normalized spacial score (nSPS) is 20.4. The molecule has 184 valence electrons. The van der Waals surface area contributed by atoms with Gasteiger partial charge in [0, 0.05) is 33.3 Å². The molecule has 2 aliphatic rings. The maximum atomic E-state index is 13.4. The summed E-state index contributed by atoms with van der Waals surface area (Å²) < 4.78 is 1.90. The molecule has 3 atom stereocenters. The number of likely N-dealkylation sites (tertiary alicyclic amines) is 1. The number of piperidine rings is 1. The van der Waals surface area contributed by atoms with Crippen molar-refractivity contribution in [3.8, 4) is 0 Å². The number of amidine groups is 1. The SMILES string of the molecule is N=C(N=NN)c1cc(Br)cc(NC(=O)[C@@H]2CC3C[C@H]3N2C(=O)Nc2cn(C(N)=O)c3ccccc23)c1. The van der Waals surface area contributed by atoms with Crippen molar-refractivity contribution in [3.05, 3.63) is 58.7 Å². The molecule has 7 N–H and O–H groups in total. The first-order valence-corrected chi connectivity index (χ1v) is 11.9. The van der Waals surface area contributed by atoms with Crippen LogP contribution in [-0.4, -0.2) is 45.4 Å². The summed E-state index contributed by atoms with van der Waals surface area (Å²) in [5.41, 5.74) is 7.33. The standard InChI is InChI=1S/C23H22BrN9O3/c24-13-5-12(20(25)30-31-27)6-14(9-13)28-21(34)19-8-11-7-18(11)33(19)23(36)29-16-10-32(22(26)35)17-4-2-1-3-15(16)17/h1-6,9-11,18-19H,7-8H2,(H2,26,35)(H,28,34)(H,29,36)(H3,25,27,30)/t11?,18-,19+/m1/s1. The van der Waals surface area contributed by atoms with E-state index in [1.807, 2.05) is 0 Å². The van der Waals surface area contributed by atoms with Crippen LogP contribution in [0, 0.1) is 11.3 Å². The van der Waals surface area contributed by atoms with Gasteiger partial charge in [-0.1, -0.05) is 39.4 Å². The summed E-state index contributed by atoms with van der Waals surface area (Å²) in [6, 6.07) is 10.2. The number of nitrogens with one attached hydrogen (secondary N) is 3. The Kier molecular flexibility index (Phi) is 5.92. The van der Waals surface area contributed by atoms with Crippen molar-refractivity contribution in [2.75, 3.05) is 10.6 Å². The lowest BCUT2D eigenvalue weighted by Gasteiger charge is -2.27. The van der Waals surface area contributed by atoms with Gasteiger partial charge < -0.3 is 27.1 Å². The fourth-order valence-corrected chi connectivity index (χ4v) is 5.26. The molecule has 0 spiro atoms. The lowest BCUT2D eigenvalue weighted by molar-refractivity contribution is -0.120. The summed E-state index contributed by atoms with van der Waals surface area (Å²) in [5.74, 6) is 4.80. The zero-order valence-electron chi connectivity index (χ0n) is 18.8. The van der Waals surface area contributed by atoms with E-state index < -0.39 is 18.1 Å². The Hall–Kier alpha value is -4.26. The average molecular weight is 552 g/mol. The number of aromatic nitrogens is 1. The molecule has 5 rings (SSSR count). The minimum Gasteiger partial charge on any atom is -0.351 e. The molecular formula is C23H22BrN9O3. The van der Waals surface area contributed by atoms with Crippen molar-refractivity contribution < 1.29 is 14.4 Å². The Bertz CT molecular complexity index is 1450. The Morgan fingerprint density at radius 2 is 1.89 bits per heavy atom. The number of hydrogen-bond acceptors (Lipinski definition) is 5. The van der Waals surface area contributed by atoms with Crippen molar-refractivity contribution in [2.45, 2.75) is 24.9 Å². The molecule has 1 unspecified atom stereocenters. The molecule has 1 aliphatic heterocycles. The molecule has 1 saturated carbocycles. The molecule has 4 amide bonds. The molecular weight excluding hydrogens is 530 g/mol. The number of hydrogen-bond donors (Lipinski definition) is 5. The summed E-state index contributed by atoms with van der Waals surface area (Å²) in [6.07, 6.45) is 2.87. The minimum absolute atomic E-state index is 0.0264. The first-order chi connectivity index (χ1) is 17.3. The van der Waals surface area contributed by atoms with Crippen LogP contribution in [0.4, 0.5) is 21.0 Å². The van der Waals surface area contributed by atoms with Gasteiger partial charge in [-0.25, -0.2) is 9.59 Å². The van der Waals surface area contributed by atoms with Gasteiger partial charge in [0.25, 0.3) is 0 Å². The van der Waals surface area contributed by atoms with Gasteiger partial charge in [-0.3, -0.25) is 14.8 Å². The van der Waals surface area contributed by atoms with Crippen LogP contribution in [0.3, 0.4) is 0 Å². The lowest BCUT2D eigenvalue weighted by Crippen LogP contribution is -2.47. The van der Waals surface area contributed by atoms with E-state index in [0.717, 1.165) is 6.42 Å². The third-order valence-electron chi connectivity index (χ3n) is 6.43. The lowest BCUT2D eigenvalue weighted by atomic mass is 10.1. The minimum atomic E-state index is -0.677. The van der Waals surface area contributed by atoms with Gasteiger partial charge in [0.15, 0.2) is 5.84 Å². The van der Waals surface area contributed by atoms with Gasteiger partial charge in [0.1, 0.15) is 6.04 Å². The van der Waals surface area contributed by atoms with Crippen molar-refractivity contribution in [1.82, 2.24) is 9.47 Å². The number of primary amides is 1. The van der Waals surface area contributed by atoms with E-state index in [2.05, 4.69) is 36.9 Å². The number of benzene rings is 2. The van der Waals surface area contributed by atoms with Crippen molar-refractivity contribution >= 4 is 62.0 Å². The Labute approximate surface area is 213 Å².